The molecule has 2 aromatic carbocycles. The van der Waals surface area contributed by atoms with Crippen molar-refractivity contribution in [2.75, 3.05) is 36.4 Å². The van der Waals surface area contributed by atoms with Crippen molar-refractivity contribution in [2.45, 2.75) is 39.7 Å². The number of para-hydroxylation sites is 1. The summed E-state index contributed by atoms with van der Waals surface area (Å²) in [5, 5.41) is 5.97. The maximum absolute atomic E-state index is 12.9. The maximum Gasteiger partial charge on any atom is 0.319 e. The second-order valence-corrected chi connectivity index (χ2v) is 7.72. The van der Waals surface area contributed by atoms with E-state index in [-0.39, 0.29) is 18.0 Å². The van der Waals surface area contributed by atoms with Gasteiger partial charge in [-0.15, -0.1) is 0 Å². The molecule has 0 bridgehead atoms. The summed E-state index contributed by atoms with van der Waals surface area (Å²) in [6, 6.07) is 15.5. The fourth-order valence-electron chi connectivity index (χ4n) is 3.87. The number of aryl methyl sites for hydroxylation is 1. The molecule has 6 nitrogen and oxygen atoms in total. The van der Waals surface area contributed by atoms with Crippen LogP contribution in [0.3, 0.4) is 0 Å². The lowest BCUT2D eigenvalue weighted by Crippen LogP contribution is -2.46. The quantitative estimate of drug-likeness (QED) is 0.750. The molecule has 0 radical (unpaired) electrons. The van der Waals surface area contributed by atoms with Gasteiger partial charge in [-0.1, -0.05) is 29.8 Å². The van der Waals surface area contributed by atoms with Gasteiger partial charge in [-0.05, 0) is 57.9 Å². The average molecular weight is 409 g/mol. The molecule has 2 N–H and O–H groups in total. The van der Waals surface area contributed by atoms with Crippen molar-refractivity contribution >= 4 is 23.3 Å². The van der Waals surface area contributed by atoms with E-state index >= 15 is 0 Å². The molecule has 1 aliphatic heterocycles. The number of rotatable bonds is 6. The topological polar surface area (TPSA) is 64.7 Å². The lowest BCUT2D eigenvalue weighted by atomic mass is 10.0. The van der Waals surface area contributed by atoms with Crippen LogP contribution in [0.5, 0.6) is 0 Å². The second kappa shape index (κ2) is 10.1. The number of anilines is 2. The van der Waals surface area contributed by atoms with Crippen LogP contribution in [0.2, 0.25) is 0 Å². The highest BCUT2D eigenvalue weighted by Gasteiger charge is 2.25. The number of hydrogen-bond acceptors (Lipinski definition) is 3. The summed E-state index contributed by atoms with van der Waals surface area (Å²) in [4.78, 5) is 29.3. The molecule has 160 valence electrons. The molecule has 0 aliphatic carbocycles. The molecule has 0 unspecified atom stereocenters. The summed E-state index contributed by atoms with van der Waals surface area (Å²) < 4.78 is 0. The minimum Gasteiger partial charge on any atom is -0.371 e. The SMILES string of the molecule is CCN(CC)C(=O)c1ccccc1N1CCC(NC(=O)Nc2ccc(C)cc2)CC1. The van der Waals surface area contributed by atoms with Crippen LogP contribution in [0, 0.1) is 6.92 Å². The van der Waals surface area contributed by atoms with Crippen molar-refractivity contribution in [3.05, 3.63) is 59.7 Å². The molecule has 0 atom stereocenters. The molecule has 1 saturated heterocycles. The number of piperidine rings is 1. The molecule has 1 fully saturated rings. The van der Waals surface area contributed by atoms with Crippen molar-refractivity contribution in [3.63, 3.8) is 0 Å². The lowest BCUT2D eigenvalue weighted by Gasteiger charge is -2.35. The van der Waals surface area contributed by atoms with E-state index in [0.29, 0.717) is 13.1 Å². The minimum absolute atomic E-state index is 0.0772. The first kappa shape index (κ1) is 21.7. The van der Waals surface area contributed by atoms with E-state index < -0.39 is 0 Å². The van der Waals surface area contributed by atoms with Crippen molar-refractivity contribution in [1.29, 1.82) is 0 Å². The molecule has 2 aromatic rings. The first-order valence-corrected chi connectivity index (χ1v) is 10.8. The monoisotopic (exact) mass is 408 g/mol. The third-order valence-electron chi connectivity index (χ3n) is 5.67. The van der Waals surface area contributed by atoms with E-state index in [2.05, 4.69) is 15.5 Å². The molecule has 0 aromatic heterocycles. The largest absolute Gasteiger partial charge is 0.371 e. The first-order valence-electron chi connectivity index (χ1n) is 10.8. The Morgan fingerprint density at radius 3 is 2.27 bits per heavy atom. The predicted molar refractivity (Wildman–Crippen MR) is 122 cm³/mol. The summed E-state index contributed by atoms with van der Waals surface area (Å²) in [5.41, 5.74) is 3.69. The van der Waals surface area contributed by atoms with Gasteiger partial charge in [0.2, 0.25) is 0 Å². The summed E-state index contributed by atoms with van der Waals surface area (Å²) in [6.45, 7) is 9.03. The Bertz CT molecular complexity index is 854. The molecule has 1 aliphatic rings. The van der Waals surface area contributed by atoms with Crippen LogP contribution in [0.4, 0.5) is 16.2 Å². The predicted octanol–water partition coefficient (Wildman–Crippen LogP) is 4.27. The van der Waals surface area contributed by atoms with Crippen LogP contribution >= 0.6 is 0 Å². The lowest BCUT2D eigenvalue weighted by molar-refractivity contribution is 0.0773. The molecule has 30 heavy (non-hydrogen) atoms. The van der Waals surface area contributed by atoms with Gasteiger partial charge < -0.3 is 20.4 Å². The smallest absolute Gasteiger partial charge is 0.319 e. The van der Waals surface area contributed by atoms with Crippen LogP contribution in [-0.4, -0.2) is 49.1 Å². The Kier molecular flexibility index (Phi) is 7.33. The van der Waals surface area contributed by atoms with Crippen molar-refractivity contribution < 1.29 is 9.59 Å². The third-order valence-corrected chi connectivity index (χ3v) is 5.67. The summed E-state index contributed by atoms with van der Waals surface area (Å²) in [5.74, 6) is 0.0772. The second-order valence-electron chi connectivity index (χ2n) is 7.72. The van der Waals surface area contributed by atoms with Gasteiger partial charge in [-0.3, -0.25) is 4.79 Å². The summed E-state index contributed by atoms with van der Waals surface area (Å²) in [6.07, 6.45) is 1.68. The number of carbonyl (C=O) groups is 2. The molecule has 3 amide bonds. The number of nitrogens with one attached hydrogen (secondary N) is 2. The molecule has 3 rings (SSSR count). The highest BCUT2D eigenvalue weighted by molar-refractivity contribution is 5.99. The Morgan fingerprint density at radius 2 is 1.63 bits per heavy atom. The highest BCUT2D eigenvalue weighted by Crippen LogP contribution is 2.25. The Hall–Kier alpha value is -3.02. The number of amides is 3. The zero-order valence-electron chi connectivity index (χ0n) is 18.1. The Labute approximate surface area is 179 Å². The van der Waals surface area contributed by atoms with Crippen molar-refractivity contribution in [3.8, 4) is 0 Å². The van der Waals surface area contributed by atoms with Gasteiger partial charge in [0, 0.05) is 43.6 Å². The maximum atomic E-state index is 12.9. The third kappa shape index (κ3) is 5.32. The normalized spacial score (nSPS) is 14.3. The van der Waals surface area contributed by atoms with E-state index in [4.69, 9.17) is 0 Å². The van der Waals surface area contributed by atoms with Gasteiger partial charge in [0.05, 0.1) is 5.56 Å². The fraction of sp³-hybridized carbons (Fsp3) is 0.417. The Morgan fingerprint density at radius 1 is 1.00 bits per heavy atom. The first-order chi connectivity index (χ1) is 14.5. The van der Waals surface area contributed by atoms with Gasteiger partial charge in [-0.2, -0.15) is 0 Å². The standard InChI is InChI=1S/C24H32N4O2/c1-4-27(5-2)23(29)21-8-6-7-9-22(21)28-16-14-20(15-17-28)26-24(30)25-19-12-10-18(3)11-13-19/h6-13,20H,4-5,14-17H2,1-3H3,(H2,25,26,30). The van der Waals surface area contributed by atoms with Crippen LogP contribution in [0.15, 0.2) is 48.5 Å². The molecule has 1 heterocycles. The fourth-order valence-corrected chi connectivity index (χ4v) is 3.87. The number of hydrogen-bond donors (Lipinski definition) is 2. The van der Waals surface area contributed by atoms with Crippen LogP contribution < -0.4 is 15.5 Å². The van der Waals surface area contributed by atoms with Gasteiger partial charge in [0.25, 0.3) is 5.91 Å². The average Bonchev–Trinajstić information content (AvgIpc) is 2.76. The summed E-state index contributed by atoms with van der Waals surface area (Å²) >= 11 is 0. The van der Waals surface area contributed by atoms with Gasteiger partial charge in [0.15, 0.2) is 0 Å². The molecule has 0 saturated carbocycles. The van der Waals surface area contributed by atoms with Gasteiger partial charge >= 0.3 is 6.03 Å². The zero-order chi connectivity index (χ0) is 21.5. The zero-order valence-corrected chi connectivity index (χ0v) is 18.1. The van der Waals surface area contributed by atoms with E-state index in [9.17, 15) is 9.59 Å². The van der Waals surface area contributed by atoms with Crippen molar-refractivity contribution in [2.24, 2.45) is 0 Å². The van der Waals surface area contributed by atoms with Crippen LogP contribution in [0.25, 0.3) is 0 Å². The molecular formula is C24H32N4O2. The number of carbonyl (C=O) groups excluding carboxylic acids is 2. The molecule has 6 heteroatoms. The van der Waals surface area contributed by atoms with E-state index in [1.165, 1.54) is 0 Å². The number of urea groups is 1. The van der Waals surface area contributed by atoms with Crippen LogP contribution in [0.1, 0.15) is 42.6 Å². The van der Waals surface area contributed by atoms with E-state index in [1.807, 2.05) is 74.2 Å². The van der Waals surface area contributed by atoms with Gasteiger partial charge in [0.1, 0.15) is 0 Å². The molecular weight excluding hydrogens is 376 g/mol. The number of nitrogens with zero attached hydrogens (tertiary/aromatic N) is 2. The van der Waals surface area contributed by atoms with Crippen LogP contribution in [-0.2, 0) is 0 Å². The summed E-state index contributed by atoms with van der Waals surface area (Å²) in [7, 11) is 0. The van der Waals surface area contributed by atoms with Crippen molar-refractivity contribution in [1.82, 2.24) is 10.2 Å². The van der Waals surface area contributed by atoms with Gasteiger partial charge in [-0.25, -0.2) is 4.79 Å². The highest BCUT2D eigenvalue weighted by atomic mass is 16.2. The van der Waals surface area contributed by atoms with E-state index in [1.54, 1.807) is 0 Å². The molecule has 0 spiro atoms. The number of benzene rings is 2. The Balaban J connectivity index is 1.57. The minimum atomic E-state index is -0.172. The van der Waals surface area contributed by atoms with E-state index in [0.717, 1.165) is 48.4 Å².